The first-order valence-electron chi connectivity index (χ1n) is 17.3. The fraction of sp³-hybridized carbons (Fsp3) is 0.106. The van der Waals surface area contributed by atoms with Crippen LogP contribution in [0.5, 0.6) is 0 Å². The van der Waals surface area contributed by atoms with E-state index in [-0.39, 0.29) is 0 Å². The molecule has 2 heteroatoms. The fourth-order valence-electron chi connectivity index (χ4n) is 7.35. The Hall–Kier alpha value is -5.86. The summed E-state index contributed by atoms with van der Waals surface area (Å²) in [7, 11) is 0. The molecule has 2 heterocycles. The van der Waals surface area contributed by atoms with Gasteiger partial charge in [-0.25, -0.2) is 4.98 Å². The Kier molecular flexibility index (Phi) is 8.29. The van der Waals surface area contributed by atoms with Gasteiger partial charge in [-0.1, -0.05) is 147 Å². The van der Waals surface area contributed by atoms with Gasteiger partial charge in [0.2, 0.25) is 0 Å². The Morgan fingerprint density at radius 2 is 1.24 bits per heavy atom. The second-order valence-electron chi connectivity index (χ2n) is 12.8. The van der Waals surface area contributed by atoms with Gasteiger partial charge in [0.1, 0.15) is 0 Å². The molecule has 2 nitrogen and oxygen atoms in total. The van der Waals surface area contributed by atoms with Crippen LogP contribution in [-0.2, 0) is 0 Å². The topological polar surface area (TPSA) is 25.8 Å². The van der Waals surface area contributed by atoms with Crippen LogP contribution in [0.1, 0.15) is 32.3 Å². The van der Waals surface area contributed by atoms with Crippen LogP contribution in [0.4, 0.5) is 0 Å². The van der Waals surface area contributed by atoms with E-state index in [9.17, 15) is 0 Å². The van der Waals surface area contributed by atoms with Crippen LogP contribution in [0.3, 0.4) is 0 Å². The maximum Gasteiger partial charge on any atom is 0.0725 e. The van der Waals surface area contributed by atoms with Crippen molar-refractivity contribution in [3.8, 4) is 33.6 Å². The van der Waals surface area contributed by atoms with Crippen molar-refractivity contribution in [2.24, 2.45) is 5.92 Å². The average Bonchev–Trinajstić information content (AvgIpc) is 3.16. The van der Waals surface area contributed by atoms with Crippen molar-refractivity contribution >= 4 is 37.9 Å². The van der Waals surface area contributed by atoms with Gasteiger partial charge in [-0.05, 0) is 97.6 Å². The van der Waals surface area contributed by atoms with E-state index in [2.05, 4.69) is 164 Å². The van der Waals surface area contributed by atoms with Crippen molar-refractivity contribution in [1.29, 1.82) is 0 Å². The summed E-state index contributed by atoms with van der Waals surface area (Å²) >= 11 is 0. The number of pyridine rings is 2. The molecule has 0 N–H and O–H groups in total. The lowest BCUT2D eigenvalue weighted by molar-refractivity contribution is 0.916. The molecule has 5 aromatic carbocycles. The lowest BCUT2D eigenvalue weighted by atomic mass is 9.83. The Morgan fingerprint density at radius 3 is 1.94 bits per heavy atom. The lowest BCUT2D eigenvalue weighted by Crippen LogP contribution is -1.95. The largest absolute Gasteiger partial charge is 0.264 e. The van der Waals surface area contributed by atoms with Crippen molar-refractivity contribution in [3.63, 3.8) is 0 Å². The van der Waals surface area contributed by atoms with E-state index in [1.165, 1.54) is 60.2 Å². The molecule has 0 saturated carbocycles. The highest BCUT2D eigenvalue weighted by molar-refractivity contribution is 6.22. The average molecular weight is 631 g/mol. The third kappa shape index (κ3) is 5.81. The van der Waals surface area contributed by atoms with E-state index in [1.807, 2.05) is 12.3 Å². The Balaban J connectivity index is 1.34. The third-order valence-electron chi connectivity index (χ3n) is 9.66. The molecule has 236 valence electrons. The van der Waals surface area contributed by atoms with Gasteiger partial charge in [0.05, 0.1) is 11.4 Å². The number of rotatable bonds is 5. The van der Waals surface area contributed by atoms with E-state index in [0.29, 0.717) is 5.92 Å². The Bertz CT molecular complexity index is 2400. The Labute approximate surface area is 288 Å². The van der Waals surface area contributed by atoms with Crippen LogP contribution in [-0.4, -0.2) is 9.97 Å². The monoisotopic (exact) mass is 630 g/mol. The molecule has 49 heavy (non-hydrogen) atoms. The zero-order valence-electron chi connectivity index (χ0n) is 28.0. The molecule has 0 bridgehead atoms. The first kappa shape index (κ1) is 30.5. The molecule has 0 fully saturated rings. The number of nitrogens with zero attached hydrogens (tertiary/aromatic N) is 2. The van der Waals surface area contributed by atoms with Gasteiger partial charge < -0.3 is 0 Å². The summed E-state index contributed by atoms with van der Waals surface area (Å²) in [6, 6.07) is 41.5. The lowest BCUT2D eigenvalue weighted by Gasteiger charge is -2.20. The van der Waals surface area contributed by atoms with E-state index in [0.717, 1.165) is 35.4 Å². The molecular formula is C47H38N2. The van der Waals surface area contributed by atoms with E-state index in [4.69, 9.17) is 4.98 Å². The van der Waals surface area contributed by atoms with Crippen molar-refractivity contribution in [2.45, 2.75) is 26.7 Å². The molecule has 0 spiro atoms. The summed E-state index contributed by atoms with van der Waals surface area (Å²) in [5.74, 6) is 0.349. The second-order valence-corrected chi connectivity index (χ2v) is 12.8. The smallest absolute Gasteiger partial charge is 0.0725 e. The summed E-state index contributed by atoms with van der Waals surface area (Å²) in [4.78, 5) is 9.43. The van der Waals surface area contributed by atoms with Gasteiger partial charge in [0.15, 0.2) is 0 Å². The van der Waals surface area contributed by atoms with Crippen LogP contribution >= 0.6 is 0 Å². The summed E-state index contributed by atoms with van der Waals surface area (Å²) in [5, 5.41) is 7.45. The number of benzene rings is 5. The van der Waals surface area contributed by atoms with Crippen molar-refractivity contribution in [1.82, 2.24) is 9.97 Å². The van der Waals surface area contributed by atoms with E-state index >= 15 is 0 Å². The highest BCUT2D eigenvalue weighted by Crippen LogP contribution is 2.45. The number of aromatic nitrogens is 2. The van der Waals surface area contributed by atoms with Crippen LogP contribution in [0, 0.1) is 5.92 Å². The normalized spacial score (nSPS) is 16.7. The molecule has 0 aliphatic heterocycles. The maximum absolute atomic E-state index is 5.11. The van der Waals surface area contributed by atoms with Gasteiger partial charge in [-0.3, -0.25) is 4.98 Å². The van der Waals surface area contributed by atoms with Crippen LogP contribution in [0.15, 0.2) is 170 Å². The summed E-state index contributed by atoms with van der Waals surface area (Å²) < 4.78 is 0. The SMILES string of the molecule is CCC1=CC(C)/C=C\C(c2c3ccccc3c(-c3cccc4c(-c5cccc(-c6cccnc6)n5)cccc34)c3ccccc23)=C/CC=C1. The Morgan fingerprint density at radius 1 is 0.612 bits per heavy atom. The van der Waals surface area contributed by atoms with Gasteiger partial charge in [-0.2, -0.15) is 0 Å². The van der Waals surface area contributed by atoms with Gasteiger partial charge in [0.25, 0.3) is 0 Å². The summed E-state index contributed by atoms with van der Waals surface area (Å²) in [5.41, 5.74) is 10.5. The highest BCUT2D eigenvalue weighted by Gasteiger charge is 2.19. The predicted octanol–water partition coefficient (Wildman–Crippen LogP) is 12.8. The van der Waals surface area contributed by atoms with Crippen molar-refractivity contribution in [2.75, 3.05) is 0 Å². The van der Waals surface area contributed by atoms with E-state index < -0.39 is 0 Å². The minimum Gasteiger partial charge on any atom is -0.264 e. The third-order valence-corrected chi connectivity index (χ3v) is 9.66. The first-order valence-corrected chi connectivity index (χ1v) is 17.3. The van der Waals surface area contributed by atoms with Crippen molar-refractivity contribution in [3.05, 3.63) is 175 Å². The molecule has 7 aromatic rings. The molecule has 1 aliphatic carbocycles. The summed E-state index contributed by atoms with van der Waals surface area (Å²) in [6.07, 6.45) is 19.7. The van der Waals surface area contributed by atoms with Crippen LogP contribution in [0.25, 0.3) is 71.5 Å². The first-order chi connectivity index (χ1) is 24.2. The summed E-state index contributed by atoms with van der Waals surface area (Å²) in [6.45, 7) is 4.51. The standard InChI is InChI=1S/C47H38N2/c1-3-33-14-4-5-15-34(28-27-32(2)30-33)46-40-17-6-8-19-42(40)47(43-20-9-7-18-41(43)46)39-24-11-21-36-37(39)22-10-23-38(36)45-26-12-25-44(49-45)35-16-13-29-48-31-35/h4,6-32H,3,5H2,1-2H3/b14-4?,28-27-,33-30?,34-15+. The van der Waals surface area contributed by atoms with Gasteiger partial charge in [-0.15, -0.1) is 0 Å². The predicted molar refractivity (Wildman–Crippen MR) is 209 cm³/mol. The minimum absolute atomic E-state index is 0.349. The highest BCUT2D eigenvalue weighted by atomic mass is 14.7. The van der Waals surface area contributed by atoms with Crippen molar-refractivity contribution < 1.29 is 0 Å². The molecule has 0 amide bonds. The van der Waals surface area contributed by atoms with Gasteiger partial charge >= 0.3 is 0 Å². The number of allylic oxidation sites excluding steroid dienone is 8. The fourth-order valence-corrected chi connectivity index (χ4v) is 7.35. The zero-order valence-corrected chi connectivity index (χ0v) is 28.0. The number of hydrogen-bond donors (Lipinski definition) is 0. The molecule has 1 aliphatic rings. The number of fused-ring (bicyclic) bond motifs is 3. The molecule has 1 atom stereocenters. The maximum atomic E-state index is 5.11. The number of hydrogen-bond acceptors (Lipinski definition) is 2. The molecule has 2 aromatic heterocycles. The van der Waals surface area contributed by atoms with Gasteiger partial charge in [0, 0.05) is 23.5 Å². The molecule has 1 unspecified atom stereocenters. The minimum atomic E-state index is 0.349. The van der Waals surface area contributed by atoms with Crippen LogP contribution < -0.4 is 0 Å². The second kappa shape index (κ2) is 13.3. The molecule has 0 saturated heterocycles. The molecule has 0 radical (unpaired) electrons. The van der Waals surface area contributed by atoms with Crippen LogP contribution in [0.2, 0.25) is 0 Å². The van der Waals surface area contributed by atoms with E-state index in [1.54, 1.807) is 6.20 Å². The quantitative estimate of drug-likeness (QED) is 0.177. The zero-order chi connectivity index (χ0) is 33.2. The molecule has 8 rings (SSSR count). The molecular weight excluding hydrogens is 593 g/mol.